The molecule has 0 unspecified atom stereocenters. The van der Waals surface area contributed by atoms with Crippen molar-refractivity contribution in [1.82, 2.24) is 9.97 Å². The molecular formula is C32H47N3O4. The van der Waals surface area contributed by atoms with Gasteiger partial charge in [0.1, 0.15) is 5.75 Å². The predicted octanol–water partition coefficient (Wildman–Crippen LogP) is 7.22. The Morgan fingerprint density at radius 2 is 1.77 bits per heavy atom. The molecule has 0 radical (unpaired) electrons. The molecular weight excluding hydrogens is 490 g/mol. The van der Waals surface area contributed by atoms with Crippen LogP contribution in [0.2, 0.25) is 0 Å². The minimum Gasteiger partial charge on any atom is -0.492 e. The Morgan fingerprint density at radius 3 is 2.33 bits per heavy atom. The molecule has 2 aromatic heterocycles. The zero-order valence-corrected chi connectivity index (χ0v) is 24.9. The number of aryl methyl sites for hydroxylation is 1. The van der Waals surface area contributed by atoms with E-state index in [0.29, 0.717) is 17.2 Å². The fourth-order valence-electron chi connectivity index (χ4n) is 5.71. The second-order valence-electron chi connectivity index (χ2n) is 13.4. The fourth-order valence-corrected chi connectivity index (χ4v) is 5.71. The van der Waals surface area contributed by atoms with Gasteiger partial charge in [0.15, 0.2) is 6.10 Å². The fraction of sp³-hybridized carbons (Fsp3) is 0.656. The second-order valence-corrected chi connectivity index (χ2v) is 13.4. The summed E-state index contributed by atoms with van der Waals surface area (Å²) in [5.74, 6) is 1.18. The number of hydrogen-bond acceptors (Lipinski definition) is 6. The summed E-state index contributed by atoms with van der Waals surface area (Å²) in [6.07, 6.45) is 9.52. The van der Waals surface area contributed by atoms with Crippen LogP contribution in [0.25, 0.3) is 11.3 Å². The van der Waals surface area contributed by atoms with Gasteiger partial charge in [-0.2, -0.15) is 0 Å². The molecule has 0 amide bonds. The number of anilines is 1. The third kappa shape index (κ3) is 7.50. The summed E-state index contributed by atoms with van der Waals surface area (Å²) in [4.78, 5) is 24.3. The van der Waals surface area contributed by atoms with Gasteiger partial charge >= 0.3 is 5.97 Å². The highest BCUT2D eigenvalue weighted by Gasteiger charge is 2.36. The molecule has 2 fully saturated rings. The van der Waals surface area contributed by atoms with Crippen molar-refractivity contribution in [3.05, 3.63) is 35.8 Å². The van der Waals surface area contributed by atoms with Crippen LogP contribution >= 0.6 is 0 Å². The van der Waals surface area contributed by atoms with Crippen LogP contribution in [0.15, 0.2) is 24.5 Å². The topological polar surface area (TPSA) is 84.8 Å². The molecule has 0 spiro atoms. The van der Waals surface area contributed by atoms with Crippen molar-refractivity contribution in [2.45, 2.75) is 98.7 Å². The molecule has 1 aliphatic heterocycles. The molecule has 1 saturated carbocycles. The molecule has 1 atom stereocenters. The molecule has 0 bridgehead atoms. The highest BCUT2D eigenvalue weighted by molar-refractivity contribution is 5.85. The molecule has 4 rings (SSSR count). The van der Waals surface area contributed by atoms with E-state index in [2.05, 4.69) is 30.7 Å². The van der Waals surface area contributed by atoms with Gasteiger partial charge in [0, 0.05) is 36.1 Å². The Kier molecular flexibility index (Phi) is 8.89. The number of piperidine rings is 1. The van der Waals surface area contributed by atoms with Gasteiger partial charge in [0.2, 0.25) is 0 Å². The molecule has 7 nitrogen and oxygen atoms in total. The molecule has 2 aliphatic rings. The zero-order chi connectivity index (χ0) is 28.4. The van der Waals surface area contributed by atoms with Crippen LogP contribution < -0.4 is 9.64 Å². The number of nitrogens with zero attached hydrogens (tertiary/aromatic N) is 3. The van der Waals surface area contributed by atoms with Crippen molar-refractivity contribution >= 4 is 11.7 Å². The second kappa shape index (κ2) is 11.8. The van der Waals surface area contributed by atoms with E-state index < -0.39 is 17.7 Å². The van der Waals surface area contributed by atoms with Gasteiger partial charge in [-0.1, -0.05) is 33.6 Å². The minimum absolute atomic E-state index is 0.251. The largest absolute Gasteiger partial charge is 0.492 e. The van der Waals surface area contributed by atoms with Crippen molar-refractivity contribution in [2.24, 2.45) is 17.3 Å². The van der Waals surface area contributed by atoms with Gasteiger partial charge in [0.05, 0.1) is 29.8 Å². The van der Waals surface area contributed by atoms with Crippen molar-refractivity contribution in [1.29, 1.82) is 0 Å². The molecule has 1 aliphatic carbocycles. The number of carbonyl (C=O) groups is 1. The lowest BCUT2D eigenvalue weighted by Crippen LogP contribution is -2.39. The number of carboxylic acid groups (broad SMARTS) is 1. The van der Waals surface area contributed by atoms with E-state index in [1.807, 2.05) is 46.0 Å². The van der Waals surface area contributed by atoms with Crippen LogP contribution in [0.4, 0.5) is 5.69 Å². The van der Waals surface area contributed by atoms with E-state index in [0.717, 1.165) is 61.2 Å². The Morgan fingerprint density at radius 1 is 1.10 bits per heavy atom. The van der Waals surface area contributed by atoms with Gasteiger partial charge in [0.25, 0.3) is 0 Å². The van der Waals surface area contributed by atoms with Crippen molar-refractivity contribution in [2.75, 3.05) is 24.6 Å². The van der Waals surface area contributed by atoms with Crippen LogP contribution in [0.5, 0.6) is 5.75 Å². The Hall–Kier alpha value is -2.67. The normalized spacial score (nSPS) is 22.4. The monoisotopic (exact) mass is 537 g/mol. The van der Waals surface area contributed by atoms with Crippen molar-refractivity contribution in [3.63, 3.8) is 0 Å². The first-order valence-electron chi connectivity index (χ1n) is 14.6. The molecule has 2 aromatic rings. The summed E-state index contributed by atoms with van der Waals surface area (Å²) in [6.45, 7) is 16.8. The van der Waals surface area contributed by atoms with Gasteiger partial charge < -0.3 is 19.5 Å². The maximum Gasteiger partial charge on any atom is 0.337 e. The van der Waals surface area contributed by atoms with E-state index in [4.69, 9.17) is 14.5 Å². The quantitative estimate of drug-likeness (QED) is 0.380. The summed E-state index contributed by atoms with van der Waals surface area (Å²) >= 11 is 0. The van der Waals surface area contributed by atoms with E-state index in [1.165, 1.54) is 25.7 Å². The summed E-state index contributed by atoms with van der Waals surface area (Å²) in [5.41, 5.74) is 3.34. The van der Waals surface area contributed by atoms with Gasteiger partial charge in [-0.15, -0.1) is 0 Å². The highest BCUT2D eigenvalue weighted by atomic mass is 16.5. The van der Waals surface area contributed by atoms with Gasteiger partial charge in [-0.3, -0.25) is 9.97 Å². The summed E-state index contributed by atoms with van der Waals surface area (Å²) in [5, 5.41) is 10.3. The molecule has 1 saturated heterocycles. The smallest absolute Gasteiger partial charge is 0.337 e. The number of aromatic nitrogens is 2. The zero-order valence-electron chi connectivity index (χ0n) is 24.9. The van der Waals surface area contributed by atoms with Gasteiger partial charge in [-0.25, -0.2) is 4.79 Å². The lowest BCUT2D eigenvalue weighted by molar-refractivity contribution is -0.160. The van der Waals surface area contributed by atoms with Crippen molar-refractivity contribution in [3.8, 4) is 17.0 Å². The molecule has 3 heterocycles. The minimum atomic E-state index is -1.14. The van der Waals surface area contributed by atoms with Crippen LogP contribution in [0.1, 0.15) is 97.4 Å². The number of ether oxygens (including phenoxy) is 2. The molecule has 7 heteroatoms. The van der Waals surface area contributed by atoms with Gasteiger partial charge in [-0.05, 0) is 82.8 Å². The van der Waals surface area contributed by atoms with E-state index in [1.54, 1.807) is 6.20 Å². The summed E-state index contributed by atoms with van der Waals surface area (Å²) < 4.78 is 12.3. The number of aliphatic carboxylic acids is 1. The van der Waals surface area contributed by atoms with Crippen LogP contribution in [0, 0.1) is 24.2 Å². The number of rotatable bonds is 8. The maximum atomic E-state index is 12.6. The average Bonchev–Trinajstić information content (AvgIpc) is 2.87. The summed E-state index contributed by atoms with van der Waals surface area (Å²) in [6, 6.07) is 3.93. The molecule has 214 valence electrons. The van der Waals surface area contributed by atoms with Crippen molar-refractivity contribution < 1.29 is 19.4 Å². The predicted molar refractivity (Wildman–Crippen MR) is 155 cm³/mol. The lowest BCUT2D eigenvalue weighted by atomic mass is 9.82. The van der Waals surface area contributed by atoms with E-state index in [9.17, 15) is 9.90 Å². The Labute approximate surface area is 234 Å². The standard InChI is InChI=1S/C32H47N3O4/c1-21-8-10-23(11-9-21)20-38-24-12-13-26(34-18-24)25-19-33-22(2)27(29(30(36)37)39-31(3,4)5)28(25)35-16-14-32(6,7)15-17-35/h12-13,18-19,21,23,29H,8-11,14-17,20H2,1-7H3,(H,36,37)/t21?,23?,29-/m0/s1. The average molecular weight is 538 g/mol. The third-order valence-electron chi connectivity index (χ3n) is 8.31. The van der Waals surface area contributed by atoms with E-state index >= 15 is 0 Å². The molecule has 0 aromatic carbocycles. The summed E-state index contributed by atoms with van der Waals surface area (Å²) in [7, 11) is 0. The van der Waals surface area contributed by atoms with E-state index in [-0.39, 0.29) is 5.41 Å². The Bertz CT molecular complexity index is 1120. The lowest BCUT2D eigenvalue weighted by Gasteiger charge is -2.40. The first-order valence-corrected chi connectivity index (χ1v) is 14.6. The number of hydrogen-bond donors (Lipinski definition) is 1. The number of pyridine rings is 2. The molecule has 1 N–H and O–H groups in total. The Balaban J connectivity index is 1.68. The van der Waals surface area contributed by atoms with Crippen LogP contribution in [-0.2, 0) is 9.53 Å². The maximum absolute atomic E-state index is 12.6. The molecule has 39 heavy (non-hydrogen) atoms. The van der Waals surface area contributed by atoms with Crippen LogP contribution in [0.3, 0.4) is 0 Å². The first-order chi connectivity index (χ1) is 18.3. The SMILES string of the molecule is Cc1ncc(-c2ccc(OCC3CCC(C)CC3)cn2)c(N2CCC(C)(C)CC2)c1[C@H](OC(C)(C)C)C(=O)O. The highest BCUT2D eigenvalue weighted by Crippen LogP contribution is 2.43. The number of carboxylic acids is 1. The third-order valence-corrected chi connectivity index (χ3v) is 8.31. The first kappa shape index (κ1) is 29.3. The van der Waals surface area contributed by atoms with Crippen LogP contribution in [-0.4, -0.2) is 46.3 Å².